The molecule has 0 bridgehead atoms. The van der Waals surface area contributed by atoms with Crippen LogP contribution in [0.4, 0.5) is 0 Å². The zero-order valence-corrected chi connectivity index (χ0v) is 74.0. The summed E-state index contributed by atoms with van der Waals surface area (Å²) in [7, 11) is 2.22. The Kier molecular flexibility index (Phi) is 41.2. The molecule has 3 unspecified atom stereocenters. The van der Waals surface area contributed by atoms with Gasteiger partial charge >= 0.3 is 0 Å². The third kappa shape index (κ3) is 32.3. The summed E-state index contributed by atoms with van der Waals surface area (Å²) in [6, 6.07) is 11.5. The lowest BCUT2D eigenvalue weighted by Gasteiger charge is -2.45. The molecule has 0 radical (unpaired) electrons. The molecule has 1 aromatic rings. The van der Waals surface area contributed by atoms with Crippen LogP contribution in [0.2, 0.25) is 0 Å². The second-order valence-corrected chi connectivity index (χ2v) is 40.9. The molecule has 0 aromatic heterocycles. The minimum absolute atomic E-state index is 0.0300. The number of likely N-dealkylation sites (tertiary alicyclic amines) is 3. The lowest BCUT2D eigenvalue weighted by molar-refractivity contribution is -0.126. The fourth-order valence-electron chi connectivity index (χ4n) is 14.5. The van der Waals surface area contributed by atoms with Gasteiger partial charge in [-0.25, -0.2) is 0 Å². The van der Waals surface area contributed by atoms with E-state index in [1.54, 1.807) is 6.92 Å². The summed E-state index contributed by atoms with van der Waals surface area (Å²) in [5, 5.41) is 18.7. The molecule has 4 N–H and O–H groups in total. The van der Waals surface area contributed by atoms with Gasteiger partial charge in [-0.2, -0.15) is 0 Å². The van der Waals surface area contributed by atoms with Gasteiger partial charge in [0.1, 0.15) is 0 Å². The number of aliphatic hydroxyl groups is 1. The van der Waals surface area contributed by atoms with Gasteiger partial charge in [0.15, 0.2) is 0 Å². The second-order valence-electron chi connectivity index (χ2n) is 40.9. The Morgan fingerprint density at radius 3 is 1.08 bits per heavy atom. The van der Waals surface area contributed by atoms with Crippen molar-refractivity contribution in [1.29, 1.82) is 0 Å². The second kappa shape index (κ2) is 43.6. The lowest BCUT2D eigenvalue weighted by Crippen LogP contribution is -2.57. The number of aliphatic hydroxyl groups excluding tert-OH is 1. The maximum Gasteiger partial charge on any atom is 0.217 e. The molecule has 3 atom stereocenters. The highest BCUT2D eigenvalue weighted by Gasteiger charge is 2.42. The Morgan fingerprint density at radius 1 is 0.495 bits per heavy atom. The van der Waals surface area contributed by atoms with Gasteiger partial charge < -0.3 is 35.6 Å². The highest BCUT2D eigenvalue weighted by molar-refractivity contribution is 5.74. The van der Waals surface area contributed by atoms with Gasteiger partial charge in [-0.1, -0.05) is 237 Å². The monoisotopic (exact) mass is 1420 g/mol. The van der Waals surface area contributed by atoms with E-state index >= 15 is 0 Å². The summed E-state index contributed by atoms with van der Waals surface area (Å²) in [5.74, 6) is 11.8. The molecular weight excluding hydrogens is 1240 g/mol. The number of ether oxygens (including phenoxy) is 1. The van der Waals surface area contributed by atoms with Crippen LogP contribution in [-0.4, -0.2) is 128 Å². The van der Waals surface area contributed by atoms with Crippen LogP contribution in [-0.2, 0) is 16.1 Å². The van der Waals surface area contributed by atoms with Crippen LogP contribution in [0.5, 0.6) is 0 Å². The van der Waals surface area contributed by atoms with Crippen molar-refractivity contribution in [3.8, 4) is 0 Å². The number of rotatable bonds is 15. The van der Waals surface area contributed by atoms with Gasteiger partial charge in [0.25, 0.3) is 0 Å². The van der Waals surface area contributed by atoms with Crippen molar-refractivity contribution in [1.82, 2.24) is 30.7 Å². The van der Waals surface area contributed by atoms with E-state index in [2.05, 4.69) is 283 Å². The van der Waals surface area contributed by atoms with Crippen molar-refractivity contribution >= 4 is 5.91 Å². The SMILES string of the molecule is CC(=O)NC1(C(C)C)CCC1.CC(C)C1(C)CC1.CC(C)C1(C)CCC1.CC(C)C1(C)CCC1.CC(C)C1(C)CCN(C)C1.CC(C)C1(C)CCN1.CC(C)C1(C)CCNC1.CC(C)C1(C)COC1.CC(C)C1CC(O)C1.CC(C)C1CN(C(C)C)C1.CC(C)C1CN(Cc2ccccc2)C1. The average Bonchev–Trinajstić information content (AvgIpc) is 1.75. The average molecular weight is 1420 g/mol. The molecule has 11 aliphatic rings. The third-order valence-corrected chi connectivity index (χ3v) is 29.5. The molecule has 9 nitrogen and oxygen atoms in total. The molecule has 6 aliphatic heterocycles. The number of carbonyl (C=O) groups excluding carboxylic acids is 1. The summed E-state index contributed by atoms with van der Waals surface area (Å²) >= 11 is 0. The van der Waals surface area contributed by atoms with Crippen LogP contribution in [0.3, 0.4) is 0 Å². The van der Waals surface area contributed by atoms with Crippen molar-refractivity contribution in [2.24, 2.45) is 115 Å². The van der Waals surface area contributed by atoms with E-state index in [0.717, 1.165) is 145 Å². The standard InChI is InChI=1S/C13H19N.C9H17NO.2C9H19N.C8H17N.2C8H16.C7H15N.2C7H14O.C7H14/c1-11(2)13-9-14(10-13)8-12-6-4-3-5-7-12;1-7(2)9(5-4-6-9)10-8(3)11;1-7(2)9-5-10(6-9)8(3)4;1-8(2)9(3)5-6-10(4)7-9;1-7(2)8(3)4-5-9-6-8;2*1-7(2)8(3)5-4-6-8;1-6(2)7(3)4-5-8-7;1-6(2)7(3)4-8-5-7;1-5(2)6-3-7(8)4-6;1-6(2)7(3)4-5-7/h3-7,11,13H,8-10H2,1-2H3;7H,4-6H2,1-3H3,(H,10,11);7-9H,5-6H2,1-4H3;8H,5-7H2,1-4H3;7,9H,4-6H2,1-3H3;2*7H,4-6H2,1-3H3;6,8H,4-5H2,1-3H3;6H,4-5H2,1-3H3;5-8H,3-4H2,1-2H3;6H,4-5H2,1-3H3. The molecule has 5 saturated carbocycles. The van der Waals surface area contributed by atoms with Crippen LogP contribution >= 0.6 is 0 Å². The van der Waals surface area contributed by atoms with Crippen molar-refractivity contribution in [2.45, 2.75) is 354 Å². The van der Waals surface area contributed by atoms with Crippen molar-refractivity contribution < 1.29 is 14.6 Å². The molecule has 9 heteroatoms. The first kappa shape index (κ1) is 95.5. The minimum atomic E-state index is 0.0300. The van der Waals surface area contributed by atoms with Crippen molar-refractivity contribution in [2.75, 3.05) is 79.2 Å². The van der Waals surface area contributed by atoms with Crippen LogP contribution in [0.25, 0.3) is 0 Å². The van der Waals surface area contributed by atoms with E-state index in [1.165, 1.54) is 142 Å². The molecule has 1 amide bonds. The molecule has 12 rings (SSSR count). The Bertz CT molecular complexity index is 2200. The summed E-state index contributed by atoms with van der Waals surface area (Å²) in [5.41, 5.74) is 5.93. The fourth-order valence-corrected chi connectivity index (χ4v) is 14.5. The Morgan fingerprint density at radius 2 is 0.911 bits per heavy atom. The number of hydrogen-bond donors (Lipinski definition) is 4. The van der Waals surface area contributed by atoms with Gasteiger partial charge in [-0.15, -0.1) is 0 Å². The quantitative estimate of drug-likeness (QED) is 0.138. The molecule has 6 heterocycles. The summed E-state index contributed by atoms with van der Waals surface area (Å²) in [6.45, 7) is 87.5. The molecule has 6 saturated heterocycles. The normalized spacial score (nSPS) is 27.6. The van der Waals surface area contributed by atoms with E-state index in [1.807, 2.05) is 0 Å². The number of hydrogen-bond acceptors (Lipinski definition) is 8. The Balaban J connectivity index is 0.000000380. The molecule has 101 heavy (non-hydrogen) atoms. The topological polar surface area (TPSA) is 92.3 Å². The fraction of sp³-hybridized carbons (Fsp3) is 0.924. The van der Waals surface area contributed by atoms with Crippen LogP contribution in [0.1, 0.15) is 330 Å². The first-order valence-corrected chi connectivity index (χ1v) is 42.8. The predicted octanol–water partition coefficient (Wildman–Crippen LogP) is 22.7. The van der Waals surface area contributed by atoms with Crippen molar-refractivity contribution in [3.05, 3.63) is 35.9 Å². The minimum Gasteiger partial charge on any atom is -0.393 e. The lowest BCUT2D eigenvalue weighted by atomic mass is 9.64. The maximum absolute atomic E-state index is 10.8. The van der Waals surface area contributed by atoms with Crippen LogP contribution in [0.15, 0.2) is 30.3 Å². The van der Waals surface area contributed by atoms with E-state index in [9.17, 15) is 4.79 Å². The Hall–Kier alpha value is -1.59. The molecule has 1 aromatic carbocycles. The Labute approximate surface area is 632 Å². The summed E-state index contributed by atoms with van der Waals surface area (Å²) in [6.07, 6.45) is 21.5. The number of nitrogens with one attached hydrogen (secondary N) is 3. The van der Waals surface area contributed by atoms with Gasteiger partial charge in [0.2, 0.25) is 5.91 Å². The van der Waals surface area contributed by atoms with E-state index in [-0.39, 0.29) is 17.6 Å². The largest absolute Gasteiger partial charge is 0.393 e. The highest BCUT2D eigenvalue weighted by Crippen LogP contribution is 2.51. The smallest absolute Gasteiger partial charge is 0.217 e. The van der Waals surface area contributed by atoms with E-state index < -0.39 is 0 Å². The van der Waals surface area contributed by atoms with Crippen LogP contribution < -0.4 is 16.0 Å². The van der Waals surface area contributed by atoms with Gasteiger partial charge in [0.05, 0.1) is 19.3 Å². The summed E-state index contributed by atoms with van der Waals surface area (Å²) in [4.78, 5) is 18.3. The highest BCUT2D eigenvalue weighted by atomic mass is 16.5. The van der Waals surface area contributed by atoms with E-state index in [0.29, 0.717) is 27.7 Å². The number of benzene rings is 1. The van der Waals surface area contributed by atoms with Gasteiger partial charge in [-0.05, 0) is 253 Å². The summed E-state index contributed by atoms with van der Waals surface area (Å²) < 4.78 is 5.10. The van der Waals surface area contributed by atoms with Crippen LogP contribution in [0, 0.1) is 115 Å². The van der Waals surface area contributed by atoms with Gasteiger partial charge in [0, 0.05) is 75.3 Å². The first-order chi connectivity index (χ1) is 46.6. The van der Waals surface area contributed by atoms with Crippen molar-refractivity contribution in [3.63, 3.8) is 0 Å². The number of amides is 1. The van der Waals surface area contributed by atoms with Gasteiger partial charge in [-0.3, -0.25) is 9.69 Å². The molecule has 11 fully saturated rings. The first-order valence-electron chi connectivity index (χ1n) is 42.8. The zero-order chi connectivity index (χ0) is 77.3. The number of nitrogens with zero attached hydrogens (tertiary/aromatic N) is 3. The molecule has 5 aliphatic carbocycles. The molecule has 0 spiro atoms. The third-order valence-electron chi connectivity index (χ3n) is 29.5. The predicted molar refractivity (Wildman–Crippen MR) is 445 cm³/mol. The molecular formula is C92H180N6O3. The molecule has 596 valence electrons. The van der Waals surface area contributed by atoms with E-state index in [4.69, 9.17) is 9.84 Å². The zero-order valence-electron chi connectivity index (χ0n) is 74.0. The maximum atomic E-state index is 10.8. The number of carbonyl (C=O) groups is 1.